The molecule has 0 aromatic heterocycles. The van der Waals surface area contributed by atoms with Gasteiger partial charge in [0, 0.05) is 28.9 Å². The molecule has 7 rings (SSSR count). The smallest absolute Gasteiger partial charge is 0.193 e. The lowest BCUT2D eigenvalue weighted by atomic mass is 9.46. The van der Waals surface area contributed by atoms with Crippen molar-refractivity contribution in [3.05, 3.63) is 77.4 Å². The van der Waals surface area contributed by atoms with Gasteiger partial charge in [-0.2, -0.15) is 0 Å². The van der Waals surface area contributed by atoms with Crippen LogP contribution in [0.1, 0.15) is 51.5 Å². The first-order valence-corrected chi connectivity index (χ1v) is 15.6. The minimum Gasteiger partial charge on any atom is -0.493 e. The van der Waals surface area contributed by atoms with Crippen LogP contribution in [0.25, 0.3) is 0 Å². The van der Waals surface area contributed by atoms with Gasteiger partial charge in [0.25, 0.3) is 0 Å². The van der Waals surface area contributed by atoms with Crippen molar-refractivity contribution in [1.29, 1.82) is 0 Å². The fourth-order valence-corrected chi connectivity index (χ4v) is 9.76. The lowest BCUT2D eigenvalue weighted by molar-refractivity contribution is -0.207. The van der Waals surface area contributed by atoms with E-state index in [1.807, 2.05) is 31.2 Å². The standard InChI is InChI=1S/C35H40FNO7/c1-33-11-10-22(39)13-20(33)6-8-24-26-15-30-35(29(41)17-38,34(26,2)16-28(40)31(24)33)44-32(43-30)25-14-23(7-9-27(25)36)42-18-19-4-3-5-21(37)12-19/h3-5,7,9-13,24-26,28,30-32,38,40H,6,8,14-18,37H2,1-2H3/t24-,25?,26?,28-,30+,31?,32-,33-,34-,35+/m0/s1. The number of nitrogens with two attached hydrogens (primary N) is 1. The van der Waals surface area contributed by atoms with Gasteiger partial charge in [-0.15, -0.1) is 0 Å². The van der Waals surface area contributed by atoms with Gasteiger partial charge in [-0.1, -0.05) is 37.6 Å². The van der Waals surface area contributed by atoms with Crippen molar-refractivity contribution >= 4 is 17.3 Å². The molecule has 3 saturated carbocycles. The van der Waals surface area contributed by atoms with E-state index in [4.69, 9.17) is 19.9 Å². The molecule has 1 heterocycles. The van der Waals surface area contributed by atoms with Crippen molar-refractivity contribution in [2.75, 3.05) is 12.3 Å². The Kier molecular flexibility index (Phi) is 7.05. The molecule has 1 aromatic carbocycles. The predicted octanol–water partition coefficient (Wildman–Crippen LogP) is 4.47. The maximum atomic E-state index is 15.4. The lowest BCUT2D eigenvalue weighted by Crippen LogP contribution is -2.63. The Hall–Kier alpha value is -3.11. The van der Waals surface area contributed by atoms with Gasteiger partial charge in [-0.3, -0.25) is 9.59 Å². The molecule has 234 valence electrons. The molecule has 0 radical (unpaired) electrons. The molecular weight excluding hydrogens is 565 g/mol. The molecule has 1 aliphatic heterocycles. The summed E-state index contributed by atoms with van der Waals surface area (Å²) in [6, 6.07) is 7.36. The average molecular weight is 606 g/mol. The summed E-state index contributed by atoms with van der Waals surface area (Å²) in [5.74, 6) is -1.36. The zero-order chi connectivity index (χ0) is 31.0. The number of aliphatic hydroxyl groups excluding tert-OH is 2. The maximum absolute atomic E-state index is 15.4. The summed E-state index contributed by atoms with van der Waals surface area (Å²) in [7, 11) is 0. The SMILES string of the molecule is C[C@]12C=CC(=O)C=C1CC[C@@H]1C2[C@@H](O)C[C@@]2(C)C1C[C@H]1O[C@H](C3CC(OCc4cccc(N)c4)=CC=C3F)O[C@]12C(=O)CO. The van der Waals surface area contributed by atoms with E-state index in [1.54, 1.807) is 24.3 Å². The Labute approximate surface area is 256 Å². The zero-order valence-electron chi connectivity index (χ0n) is 25.1. The molecule has 8 nitrogen and oxygen atoms in total. The molecule has 0 spiro atoms. The van der Waals surface area contributed by atoms with Crippen LogP contribution in [0.3, 0.4) is 0 Å². The predicted molar refractivity (Wildman–Crippen MR) is 159 cm³/mol. The Morgan fingerprint density at radius 1 is 1.25 bits per heavy atom. The highest BCUT2D eigenvalue weighted by Crippen LogP contribution is 2.70. The van der Waals surface area contributed by atoms with Gasteiger partial charge >= 0.3 is 0 Å². The summed E-state index contributed by atoms with van der Waals surface area (Å²) in [5, 5.41) is 22.0. The molecule has 1 saturated heterocycles. The first-order valence-electron chi connectivity index (χ1n) is 15.6. The molecular formula is C35H40FNO7. The average Bonchev–Trinajstić information content (AvgIpc) is 3.49. The van der Waals surface area contributed by atoms with E-state index in [0.29, 0.717) is 17.9 Å². The van der Waals surface area contributed by atoms with Crippen LogP contribution in [0.4, 0.5) is 10.1 Å². The van der Waals surface area contributed by atoms with E-state index in [1.165, 1.54) is 6.08 Å². The second kappa shape index (κ2) is 10.5. The summed E-state index contributed by atoms with van der Waals surface area (Å²) >= 11 is 0. The first kappa shape index (κ1) is 29.6. The van der Waals surface area contributed by atoms with E-state index >= 15 is 4.39 Å². The highest BCUT2D eigenvalue weighted by Gasteiger charge is 2.76. The lowest BCUT2D eigenvalue weighted by Gasteiger charge is -2.59. The van der Waals surface area contributed by atoms with Gasteiger partial charge in [0.05, 0.1) is 23.9 Å². The number of rotatable bonds is 6. The summed E-state index contributed by atoms with van der Waals surface area (Å²) in [5.41, 5.74) is 5.60. The van der Waals surface area contributed by atoms with Crippen LogP contribution in [0, 0.1) is 34.5 Å². The largest absolute Gasteiger partial charge is 0.493 e. The Balaban J connectivity index is 1.15. The fraction of sp³-hybridized carbons (Fsp3) is 0.543. The van der Waals surface area contributed by atoms with E-state index in [9.17, 15) is 19.8 Å². The maximum Gasteiger partial charge on any atom is 0.193 e. The highest BCUT2D eigenvalue weighted by molar-refractivity contribution is 6.01. The monoisotopic (exact) mass is 605 g/mol. The molecule has 4 fully saturated rings. The van der Waals surface area contributed by atoms with Gasteiger partial charge in [0.1, 0.15) is 19.0 Å². The minimum atomic E-state index is -1.53. The third-order valence-electron chi connectivity index (χ3n) is 11.7. The van der Waals surface area contributed by atoms with Gasteiger partial charge in [0.15, 0.2) is 23.5 Å². The fourth-order valence-electron chi connectivity index (χ4n) is 9.76. The van der Waals surface area contributed by atoms with Crippen LogP contribution in [0.2, 0.25) is 0 Å². The number of halogens is 1. The number of benzene rings is 1. The number of carbonyl (C=O) groups excluding carboxylic acids is 2. The van der Waals surface area contributed by atoms with E-state index < -0.39 is 59.1 Å². The first-order chi connectivity index (χ1) is 21.0. The normalized spacial score (nSPS) is 42.3. The summed E-state index contributed by atoms with van der Waals surface area (Å²) in [6.07, 6.45) is 8.08. The summed E-state index contributed by atoms with van der Waals surface area (Å²) in [4.78, 5) is 26.0. The van der Waals surface area contributed by atoms with Crippen molar-refractivity contribution in [3.8, 4) is 0 Å². The van der Waals surface area contributed by atoms with E-state index in [2.05, 4.69) is 6.92 Å². The highest BCUT2D eigenvalue weighted by atomic mass is 19.1. The second-order valence-corrected chi connectivity index (χ2v) is 13.9. The summed E-state index contributed by atoms with van der Waals surface area (Å²) < 4.78 is 34.5. The number of hydrogen-bond donors (Lipinski definition) is 3. The number of aliphatic hydroxyl groups is 2. The van der Waals surface area contributed by atoms with Crippen LogP contribution < -0.4 is 5.73 Å². The summed E-state index contributed by atoms with van der Waals surface area (Å²) in [6.45, 7) is 3.58. The minimum absolute atomic E-state index is 0.0287. The molecule has 10 atom stereocenters. The van der Waals surface area contributed by atoms with Crippen LogP contribution in [-0.4, -0.2) is 52.5 Å². The van der Waals surface area contributed by atoms with E-state index in [-0.39, 0.29) is 43.0 Å². The van der Waals surface area contributed by atoms with Crippen molar-refractivity contribution < 1.29 is 38.4 Å². The number of hydrogen-bond acceptors (Lipinski definition) is 8. The van der Waals surface area contributed by atoms with Gasteiger partial charge in [0.2, 0.25) is 0 Å². The van der Waals surface area contributed by atoms with Crippen molar-refractivity contribution in [2.45, 2.75) is 76.7 Å². The third-order valence-corrected chi connectivity index (χ3v) is 11.7. The Morgan fingerprint density at radius 2 is 2.07 bits per heavy atom. The van der Waals surface area contributed by atoms with Gasteiger partial charge in [-0.05, 0) is 79.5 Å². The molecule has 4 N–H and O–H groups in total. The van der Waals surface area contributed by atoms with Crippen molar-refractivity contribution in [2.24, 2.45) is 34.5 Å². The number of nitrogen functional groups attached to an aromatic ring is 1. The molecule has 0 bridgehead atoms. The second-order valence-electron chi connectivity index (χ2n) is 13.9. The quantitative estimate of drug-likeness (QED) is 0.406. The molecule has 9 heteroatoms. The number of fused-ring (bicyclic) bond motifs is 7. The zero-order valence-corrected chi connectivity index (χ0v) is 25.1. The molecule has 6 aliphatic rings. The van der Waals surface area contributed by atoms with Crippen LogP contribution in [-0.2, 0) is 30.4 Å². The third kappa shape index (κ3) is 4.23. The number of anilines is 1. The number of ether oxygens (including phenoxy) is 3. The Morgan fingerprint density at radius 3 is 2.84 bits per heavy atom. The van der Waals surface area contributed by atoms with E-state index in [0.717, 1.165) is 24.0 Å². The number of Topliss-reactive ketones (excluding diaryl/α,β-unsaturated/α-hetero) is 1. The molecule has 3 unspecified atom stereocenters. The number of ketones is 2. The number of carbonyl (C=O) groups is 2. The topological polar surface area (TPSA) is 128 Å². The van der Waals surface area contributed by atoms with Crippen molar-refractivity contribution in [3.63, 3.8) is 0 Å². The van der Waals surface area contributed by atoms with Crippen molar-refractivity contribution in [1.82, 2.24) is 0 Å². The Bertz CT molecular complexity index is 1520. The van der Waals surface area contributed by atoms with Crippen LogP contribution >= 0.6 is 0 Å². The molecule has 5 aliphatic carbocycles. The molecule has 1 aromatic rings. The molecule has 44 heavy (non-hydrogen) atoms. The number of allylic oxidation sites excluding steroid dienone is 7. The molecule has 0 amide bonds. The van der Waals surface area contributed by atoms with Gasteiger partial charge in [-0.25, -0.2) is 4.39 Å². The van der Waals surface area contributed by atoms with Gasteiger partial charge < -0.3 is 30.2 Å². The van der Waals surface area contributed by atoms with Crippen LogP contribution in [0.5, 0.6) is 0 Å². The van der Waals surface area contributed by atoms with Crippen LogP contribution in [0.15, 0.2) is 71.8 Å².